The first-order valence-electron chi connectivity index (χ1n) is 7.01. The van der Waals surface area contributed by atoms with E-state index in [1.165, 1.54) is 12.3 Å². The van der Waals surface area contributed by atoms with Gasteiger partial charge >= 0.3 is 0 Å². The molecule has 1 heterocycles. The number of benzene rings is 2. The molecule has 0 saturated carbocycles. The number of halogens is 6. The molecular weight excluding hydrogens is 362 g/mol. The maximum atomic E-state index is 13.7. The summed E-state index contributed by atoms with van der Waals surface area (Å²) in [6, 6.07) is 4.59. The molecule has 0 spiro atoms. The van der Waals surface area contributed by atoms with Crippen LogP contribution in [0.4, 0.5) is 49.5 Å². The topological polar surface area (TPSA) is 49.8 Å². The van der Waals surface area contributed by atoms with Gasteiger partial charge in [-0.15, -0.1) is 0 Å². The third-order valence-corrected chi connectivity index (χ3v) is 3.24. The molecule has 26 heavy (non-hydrogen) atoms. The molecule has 2 N–H and O–H groups in total. The maximum Gasteiger partial charge on any atom is 0.229 e. The fourth-order valence-corrected chi connectivity index (χ4v) is 1.99. The van der Waals surface area contributed by atoms with Crippen LogP contribution >= 0.6 is 0 Å². The molecule has 2 aromatic carbocycles. The summed E-state index contributed by atoms with van der Waals surface area (Å²) in [6.07, 6.45) is 1.19. The maximum absolute atomic E-state index is 13.7. The van der Waals surface area contributed by atoms with Gasteiger partial charge in [-0.3, -0.25) is 0 Å². The largest absolute Gasteiger partial charge is 0.338 e. The number of nitrogens with zero attached hydrogens (tertiary/aromatic N) is 2. The SMILES string of the molecule is Fc1ccc(Nc2ccnc(Nc3ccc(F)c(F)c3F)n2)c(F)c1F. The first kappa shape index (κ1) is 17.5. The molecule has 10 heteroatoms. The van der Waals surface area contributed by atoms with Crippen LogP contribution in [0, 0.1) is 34.9 Å². The Morgan fingerprint density at radius 3 is 1.73 bits per heavy atom. The van der Waals surface area contributed by atoms with Crippen molar-refractivity contribution in [2.24, 2.45) is 0 Å². The molecule has 3 aromatic rings. The second-order valence-corrected chi connectivity index (χ2v) is 4.96. The highest BCUT2D eigenvalue weighted by atomic mass is 19.2. The summed E-state index contributed by atoms with van der Waals surface area (Å²) >= 11 is 0. The van der Waals surface area contributed by atoms with E-state index in [-0.39, 0.29) is 11.8 Å². The van der Waals surface area contributed by atoms with Crippen LogP contribution in [0.3, 0.4) is 0 Å². The van der Waals surface area contributed by atoms with Gasteiger partial charge in [-0.1, -0.05) is 0 Å². The summed E-state index contributed by atoms with van der Waals surface area (Å²) in [5.41, 5.74) is -0.826. The molecule has 0 amide bonds. The predicted octanol–water partition coefficient (Wildman–Crippen LogP) is 4.80. The number of hydrogen-bond donors (Lipinski definition) is 2. The first-order chi connectivity index (χ1) is 12.4. The smallest absolute Gasteiger partial charge is 0.229 e. The van der Waals surface area contributed by atoms with Crippen molar-refractivity contribution in [2.75, 3.05) is 10.6 Å². The molecule has 0 saturated heterocycles. The zero-order valence-electron chi connectivity index (χ0n) is 12.6. The molecule has 4 nitrogen and oxygen atoms in total. The Balaban J connectivity index is 1.85. The molecular formula is C16H8F6N4. The average Bonchev–Trinajstić information content (AvgIpc) is 2.63. The fraction of sp³-hybridized carbons (Fsp3) is 0. The summed E-state index contributed by atoms with van der Waals surface area (Å²) in [6.45, 7) is 0. The third-order valence-electron chi connectivity index (χ3n) is 3.24. The van der Waals surface area contributed by atoms with Gasteiger partial charge in [0.05, 0.1) is 11.4 Å². The van der Waals surface area contributed by atoms with Gasteiger partial charge in [-0.2, -0.15) is 4.98 Å². The van der Waals surface area contributed by atoms with Gasteiger partial charge in [-0.25, -0.2) is 31.3 Å². The van der Waals surface area contributed by atoms with Crippen molar-refractivity contribution in [3.05, 3.63) is 71.4 Å². The lowest BCUT2D eigenvalue weighted by Crippen LogP contribution is -2.04. The van der Waals surface area contributed by atoms with Gasteiger partial charge in [0.2, 0.25) is 5.95 Å². The van der Waals surface area contributed by atoms with Crippen LogP contribution in [0.2, 0.25) is 0 Å². The predicted molar refractivity (Wildman–Crippen MR) is 81.2 cm³/mol. The fourth-order valence-electron chi connectivity index (χ4n) is 1.99. The van der Waals surface area contributed by atoms with Crippen LogP contribution < -0.4 is 10.6 Å². The van der Waals surface area contributed by atoms with E-state index >= 15 is 0 Å². The minimum Gasteiger partial charge on any atom is -0.338 e. The van der Waals surface area contributed by atoms with E-state index in [0.717, 1.165) is 18.2 Å². The highest BCUT2D eigenvalue weighted by molar-refractivity contribution is 5.60. The monoisotopic (exact) mass is 370 g/mol. The number of anilines is 4. The Morgan fingerprint density at radius 1 is 0.615 bits per heavy atom. The van der Waals surface area contributed by atoms with Crippen molar-refractivity contribution in [2.45, 2.75) is 0 Å². The second-order valence-electron chi connectivity index (χ2n) is 4.96. The Bertz CT molecular complexity index is 904. The highest BCUT2D eigenvalue weighted by Gasteiger charge is 2.16. The van der Waals surface area contributed by atoms with Crippen molar-refractivity contribution >= 4 is 23.1 Å². The highest BCUT2D eigenvalue weighted by Crippen LogP contribution is 2.25. The van der Waals surface area contributed by atoms with Crippen LogP contribution in [0.15, 0.2) is 36.5 Å². The van der Waals surface area contributed by atoms with E-state index in [9.17, 15) is 26.3 Å². The summed E-state index contributed by atoms with van der Waals surface area (Å²) in [7, 11) is 0. The van der Waals surface area contributed by atoms with Gasteiger partial charge in [0.15, 0.2) is 34.9 Å². The summed E-state index contributed by atoms with van der Waals surface area (Å²) in [5.74, 6) is -9.26. The molecule has 0 aliphatic rings. The molecule has 0 fully saturated rings. The second kappa shape index (κ2) is 6.90. The molecule has 0 bridgehead atoms. The van der Waals surface area contributed by atoms with E-state index in [2.05, 4.69) is 20.6 Å². The summed E-state index contributed by atoms with van der Waals surface area (Å²) in [5, 5.41) is 4.73. The van der Waals surface area contributed by atoms with Crippen LogP contribution in [0.5, 0.6) is 0 Å². The Hall–Kier alpha value is -3.30. The summed E-state index contributed by atoms with van der Waals surface area (Å²) in [4.78, 5) is 7.60. The minimum absolute atomic E-state index is 0.0459. The first-order valence-corrected chi connectivity index (χ1v) is 7.01. The molecule has 0 aliphatic heterocycles. The molecule has 0 unspecified atom stereocenters. The van der Waals surface area contributed by atoms with Crippen LogP contribution in [0.25, 0.3) is 0 Å². The van der Waals surface area contributed by atoms with Gasteiger partial charge in [0, 0.05) is 6.20 Å². The van der Waals surface area contributed by atoms with Gasteiger partial charge in [0.1, 0.15) is 5.82 Å². The molecule has 0 radical (unpaired) electrons. The lowest BCUT2D eigenvalue weighted by molar-refractivity contribution is 0.449. The normalized spacial score (nSPS) is 10.7. The van der Waals surface area contributed by atoms with E-state index in [0.29, 0.717) is 6.07 Å². The van der Waals surface area contributed by atoms with Gasteiger partial charge < -0.3 is 10.6 Å². The number of nitrogens with one attached hydrogen (secondary N) is 2. The number of rotatable bonds is 4. The standard InChI is InChI=1S/C16H8F6N4/c17-7-1-3-9(14(21)12(7)19)24-11-5-6-23-16(26-11)25-10-4-2-8(18)13(20)15(10)22/h1-6H,(H2,23,24,25,26). The zero-order chi connectivity index (χ0) is 18.8. The van der Waals surface area contributed by atoms with Crippen molar-refractivity contribution < 1.29 is 26.3 Å². The van der Waals surface area contributed by atoms with Gasteiger partial charge in [0.25, 0.3) is 0 Å². The van der Waals surface area contributed by atoms with Crippen molar-refractivity contribution in [1.82, 2.24) is 9.97 Å². The Kier molecular flexibility index (Phi) is 4.65. The molecule has 3 rings (SSSR count). The molecule has 134 valence electrons. The Morgan fingerprint density at radius 2 is 1.15 bits per heavy atom. The zero-order valence-corrected chi connectivity index (χ0v) is 12.6. The van der Waals surface area contributed by atoms with Crippen LogP contribution in [-0.4, -0.2) is 9.97 Å². The number of hydrogen-bond acceptors (Lipinski definition) is 4. The summed E-state index contributed by atoms with van der Waals surface area (Å²) < 4.78 is 79.6. The average molecular weight is 370 g/mol. The van der Waals surface area contributed by atoms with E-state index in [4.69, 9.17) is 0 Å². The Labute approximate surface area is 142 Å². The van der Waals surface area contributed by atoms with Crippen molar-refractivity contribution in [3.63, 3.8) is 0 Å². The minimum atomic E-state index is -1.67. The van der Waals surface area contributed by atoms with Gasteiger partial charge in [-0.05, 0) is 30.3 Å². The molecule has 1 aromatic heterocycles. The lowest BCUT2D eigenvalue weighted by atomic mass is 10.2. The van der Waals surface area contributed by atoms with Crippen LogP contribution in [0.1, 0.15) is 0 Å². The van der Waals surface area contributed by atoms with Crippen molar-refractivity contribution in [1.29, 1.82) is 0 Å². The third kappa shape index (κ3) is 3.39. The quantitative estimate of drug-likeness (QED) is 0.512. The van der Waals surface area contributed by atoms with E-state index < -0.39 is 46.3 Å². The van der Waals surface area contributed by atoms with E-state index in [1.54, 1.807) is 0 Å². The molecule has 0 atom stereocenters. The lowest BCUT2D eigenvalue weighted by Gasteiger charge is -2.10. The van der Waals surface area contributed by atoms with Crippen molar-refractivity contribution in [3.8, 4) is 0 Å². The van der Waals surface area contributed by atoms with E-state index in [1.807, 2.05) is 0 Å². The molecule has 0 aliphatic carbocycles. The van der Waals surface area contributed by atoms with Crippen LogP contribution in [-0.2, 0) is 0 Å². The number of aromatic nitrogens is 2.